The average molecular weight is 259 g/mol. The van der Waals surface area contributed by atoms with Gasteiger partial charge >= 0.3 is 0 Å². The van der Waals surface area contributed by atoms with Crippen molar-refractivity contribution < 1.29 is 0 Å². The van der Waals surface area contributed by atoms with Crippen molar-refractivity contribution in [3.05, 3.63) is 52.8 Å². The molecule has 0 fully saturated rings. The highest BCUT2D eigenvalue weighted by atomic mass is 32.2. The third kappa shape index (κ3) is 2.12. The Balaban J connectivity index is 1.85. The van der Waals surface area contributed by atoms with Crippen molar-refractivity contribution in [2.75, 3.05) is 0 Å². The van der Waals surface area contributed by atoms with Crippen molar-refractivity contribution in [2.45, 2.75) is 10.8 Å². The van der Waals surface area contributed by atoms with Crippen LogP contribution in [0.1, 0.15) is 5.69 Å². The Bertz CT molecular complexity index is 721. The van der Waals surface area contributed by atoms with Gasteiger partial charge in [0.2, 0.25) is 0 Å². The zero-order valence-electron chi connectivity index (χ0n) is 9.28. The van der Waals surface area contributed by atoms with Crippen LogP contribution in [0.15, 0.2) is 46.6 Å². The molecule has 3 heterocycles. The first-order valence-electron chi connectivity index (χ1n) is 5.29. The van der Waals surface area contributed by atoms with Crippen LogP contribution in [0.25, 0.3) is 5.78 Å². The molecule has 0 amide bonds. The number of thioether (sulfide) groups is 1. The molecule has 7 heteroatoms. The zero-order chi connectivity index (χ0) is 12.4. The van der Waals surface area contributed by atoms with Gasteiger partial charge in [0.25, 0.3) is 11.3 Å². The van der Waals surface area contributed by atoms with Gasteiger partial charge in [-0.3, -0.25) is 9.89 Å². The molecule has 0 aliphatic heterocycles. The van der Waals surface area contributed by atoms with E-state index in [1.54, 1.807) is 6.20 Å². The SMILES string of the molecule is O=c1cc(CSc2ccccn2)nc2nc[nH]n12. The molecule has 0 saturated heterocycles. The zero-order valence-corrected chi connectivity index (χ0v) is 10.1. The van der Waals surface area contributed by atoms with Crippen molar-refractivity contribution in [3.8, 4) is 0 Å². The standard InChI is InChI=1S/C11H9N5OS/c17-10-5-8(15-11-13-7-14-16(10)11)6-18-9-3-1-2-4-12-9/h1-5,7H,6H2,(H,13,14,15). The van der Waals surface area contributed by atoms with Gasteiger partial charge in [0.1, 0.15) is 6.33 Å². The second-order valence-electron chi connectivity index (χ2n) is 3.57. The largest absolute Gasteiger partial charge is 0.278 e. The lowest BCUT2D eigenvalue weighted by Gasteiger charge is -2.00. The van der Waals surface area contributed by atoms with Gasteiger partial charge in [-0.05, 0) is 12.1 Å². The summed E-state index contributed by atoms with van der Waals surface area (Å²) in [5, 5.41) is 3.60. The normalized spacial score (nSPS) is 10.9. The summed E-state index contributed by atoms with van der Waals surface area (Å²) in [6.07, 6.45) is 3.18. The van der Waals surface area contributed by atoms with Crippen LogP contribution in [-0.2, 0) is 5.75 Å². The molecular formula is C11H9N5OS. The lowest BCUT2D eigenvalue weighted by Crippen LogP contribution is -2.15. The molecule has 0 radical (unpaired) electrons. The van der Waals surface area contributed by atoms with Crippen molar-refractivity contribution in [2.24, 2.45) is 0 Å². The summed E-state index contributed by atoms with van der Waals surface area (Å²) in [5.74, 6) is 0.981. The number of rotatable bonds is 3. The molecule has 0 unspecified atom stereocenters. The number of nitrogens with zero attached hydrogens (tertiary/aromatic N) is 4. The highest BCUT2D eigenvalue weighted by Crippen LogP contribution is 2.18. The third-order valence-corrected chi connectivity index (χ3v) is 3.30. The van der Waals surface area contributed by atoms with Gasteiger partial charge in [0.15, 0.2) is 0 Å². The van der Waals surface area contributed by atoms with Crippen LogP contribution in [0.2, 0.25) is 0 Å². The van der Waals surface area contributed by atoms with Gasteiger partial charge in [-0.15, -0.1) is 11.8 Å². The van der Waals surface area contributed by atoms with E-state index >= 15 is 0 Å². The summed E-state index contributed by atoms with van der Waals surface area (Å²) in [5.41, 5.74) is 0.539. The molecule has 3 aromatic rings. The number of nitrogens with one attached hydrogen (secondary N) is 1. The Kier molecular flexibility index (Phi) is 2.81. The van der Waals surface area contributed by atoms with Gasteiger partial charge in [-0.1, -0.05) is 6.07 Å². The predicted molar refractivity (Wildman–Crippen MR) is 67.4 cm³/mol. The van der Waals surface area contributed by atoms with E-state index < -0.39 is 0 Å². The minimum atomic E-state index is -0.158. The molecule has 0 bridgehead atoms. The number of pyridine rings is 1. The smallest absolute Gasteiger partial charge is 0.274 e. The van der Waals surface area contributed by atoms with Crippen molar-refractivity contribution in [3.63, 3.8) is 0 Å². The van der Waals surface area contributed by atoms with Gasteiger partial charge in [-0.2, -0.15) is 4.52 Å². The molecule has 0 aliphatic rings. The van der Waals surface area contributed by atoms with Gasteiger partial charge in [0.05, 0.1) is 10.7 Å². The molecule has 0 atom stereocenters. The summed E-state index contributed by atoms with van der Waals surface area (Å²) in [6, 6.07) is 7.21. The molecule has 0 saturated carbocycles. The second-order valence-corrected chi connectivity index (χ2v) is 4.56. The number of aromatic amines is 1. The first-order valence-corrected chi connectivity index (χ1v) is 6.27. The highest BCUT2D eigenvalue weighted by Gasteiger charge is 2.04. The minimum absolute atomic E-state index is 0.158. The first-order chi connectivity index (χ1) is 8.83. The Morgan fingerprint density at radius 3 is 3.11 bits per heavy atom. The topological polar surface area (TPSA) is 75.9 Å². The summed E-state index contributed by atoms with van der Waals surface area (Å²) >= 11 is 1.53. The van der Waals surface area contributed by atoms with Crippen LogP contribution in [0.3, 0.4) is 0 Å². The molecule has 90 valence electrons. The van der Waals surface area contributed by atoms with Gasteiger partial charge < -0.3 is 0 Å². The lowest BCUT2D eigenvalue weighted by atomic mass is 10.4. The fourth-order valence-corrected chi connectivity index (χ4v) is 2.28. The fraction of sp³-hybridized carbons (Fsp3) is 0.0909. The van der Waals surface area contributed by atoms with Crippen LogP contribution >= 0.6 is 11.8 Å². The maximum absolute atomic E-state index is 11.7. The fourth-order valence-electron chi connectivity index (χ4n) is 1.52. The quantitative estimate of drug-likeness (QED) is 0.713. The molecule has 6 nitrogen and oxygen atoms in total. The van der Waals surface area contributed by atoms with Crippen LogP contribution in [-0.4, -0.2) is 24.6 Å². The summed E-state index contributed by atoms with van der Waals surface area (Å²) in [4.78, 5) is 24.1. The second kappa shape index (κ2) is 4.61. The summed E-state index contributed by atoms with van der Waals surface area (Å²) < 4.78 is 1.30. The molecule has 3 rings (SSSR count). The molecule has 0 aliphatic carbocycles. The monoisotopic (exact) mass is 259 g/mol. The molecule has 3 aromatic heterocycles. The van der Waals surface area contributed by atoms with Gasteiger partial charge in [-0.25, -0.2) is 15.0 Å². The van der Waals surface area contributed by atoms with E-state index in [1.165, 1.54) is 28.7 Å². The summed E-state index contributed by atoms with van der Waals surface area (Å²) in [6.45, 7) is 0. The minimum Gasteiger partial charge on any atom is -0.278 e. The first kappa shape index (κ1) is 11.0. The van der Waals surface area contributed by atoms with Crippen molar-refractivity contribution in [1.29, 1.82) is 0 Å². The number of H-pyrrole nitrogens is 1. The van der Waals surface area contributed by atoms with E-state index in [2.05, 4.69) is 20.1 Å². The van der Waals surface area contributed by atoms with E-state index in [0.717, 1.165) is 5.03 Å². The maximum Gasteiger partial charge on any atom is 0.274 e. The molecule has 0 aromatic carbocycles. The molecular weight excluding hydrogens is 250 g/mol. The van der Waals surface area contributed by atoms with Crippen LogP contribution in [0, 0.1) is 0 Å². The Morgan fingerprint density at radius 1 is 1.33 bits per heavy atom. The van der Waals surface area contributed by atoms with Crippen molar-refractivity contribution >= 4 is 17.5 Å². The summed E-state index contributed by atoms with van der Waals surface area (Å²) in [7, 11) is 0. The molecule has 1 N–H and O–H groups in total. The van der Waals surface area contributed by atoms with E-state index in [1.807, 2.05) is 18.2 Å². The maximum atomic E-state index is 11.7. The number of hydrogen-bond donors (Lipinski definition) is 1. The Labute approximate surface area is 106 Å². The van der Waals surface area contributed by atoms with Crippen molar-refractivity contribution in [1.82, 2.24) is 24.6 Å². The number of hydrogen-bond acceptors (Lipinski definition) is 5. The molecule has 0 spiro atoms. The number of fused-ring (bicyclic) bond motifs is 1. The Hall–Kier alpha value is -2.15. The van der Waals surface area contributed by atoms with E-state index in [9.17, 15) is 4.79 Å². The van der Waals surface area contributed by atoms with Gasteiger partial charge in [0, 0.05) is 18.0 Å². The van der Waals surface area contributed by atoms with Crippen LogP contribution in [0.5, 0.6) is 0 Å². The van der Waals surface area contributed by atoms with Crippen LogP contribution in [0.4, 0.5) is 0 Å². The van der Waals surface area contributed by atoms with E-state index in [-0.39, 0.29) is 5.56 Å². The lowest BCUT2D eigenvalue weighted by molar-refractivity contribution is 0.887. The van der Waals surface area contributed by atoms with E-state index in [0.29, 0.717) is 17.2 Å². The highest BCUT2D eigenvalue weighted by molar-refractivity contribution is 7.98. The third-order valence-electron chi connectivity index (χ3n) is 2.33. The van der Waals surface area contributed by atoms with Crippen LogP contribution < -0.4 is 5.56 Å². The average Bonchev–Trinajstić information content (AvgIpc) is 2.86. The van der Waals surface area contributed by atoms with E-state index in [4.69, 9.17) is 0 Å². The Morgan fingerprint density at radius 2 is 2.28 bits per heavy atom. The molecule has 18 heavy (non-hydrogen) atoms. The predicted octanol–water partition coefficient (Wildman–Crippen LogP) is 1.10. The number of aromatic nitrogens is 5.